The molecule has 1 aliphatic rings. The molecule has 5 heteroatoms. The van der Waals surface area contributed by atoms with Gasteiger partial charge in [0.1, 0.15) is 12.4 Å². The molecule has 0 aliphatic carbocycles. The Morgan fingerprint density at radius 1 is 1.37 bits per heavy atom. The molecule has 1 aromatic carbocycles. The number of hydrogen-bond donors (Lipinski definition) is 1. The third-order valence-corrected chi connectivity index (χ3v) is 2.90. The highest BCUT2D eigenvalue weighted by atomic mass is 35.5. The number of benzene rings is 1. The van der Waals surface area contributed by atoms with Gasteiger partial charge in [0.15, 0.2) is 11.5 Å². The summed E-state index contributed by atoms with van der Waals surface area (Å²) in [6, 6.07) is 3.83. The molecule has 0 fully saturated rings. The molecule has 0 bridgehead atoms. The number of fused-ring (bicyclic) bond motifs is 1. The van der Waals surface area contributed by atoms with Crippen molar-refractivity contribution in [3.05, 3.63) is 29.3 Å². The van der Waals surface area contributed by atoms with Crippen LogP contribution in [0.2, 0.25) is 0 Å². The smallest absolute Gasteiger partial charge is 0.231 e. The van der Waals surface area contributed by atoms with Crippen LogP contribution >= 0.6 is 11.6 Å². The number of rotatable bonds is 7. The van der Waals surface area contributed by atoms with Gasteiger partial charge in [-0.05, 0) is 25.1 Å². The summed E-state index contributed by atoms with van der Waals surface area (Å²) in [7, 11) is 0. The lowest BCUT2D eigenvalue weighted by Gasteiger charge is -2.12. The van der Waals surface area contributed by atoms with E-state index in [0.717, 1.165) is 42.3 Å². The largest absolute Gasteiger partial charge is 0.489 e. The predicted octanol–water partition coefficient (Wildman–Crippen LogP) is 3.05. The molecule has 0 amide bonds. The number of hydrogen-bond acceptors (Lipinski definition) is 4. The summed E-state index contributed by atoms with van der Waals surface area (Å²) in [5.41, 5.74) is 2.50. The Morgan fingerprint density at radius 3 is 2.89 bits per heavy atom. The molecule has 1 aromatic rings. The van der Waals surface area contributed by atoms with E-state index in [0.29, 0.717) is 6.61 Å². The standard InChI is InChI=1S/C14H18ClNO3/c1-2-5-16-9-11-7-13-14(19-10-18-13)8-12(11)17-6-3-4-15/h3-4,7-8,16H,2,5-6,9-10H2,1H3/b4-3+. The molecule has 0 spiro atoms. The molecule has 0 aromatic heterocycles. The van der Waals surface area contributed by atoms with Crippen LogP contribution in [0, 0.1) is 0 Å². The SMILES string of the molecule is CCCNCc1cc2c(cc1OC/C=C/Cl)OCO2. The van der Waals surface area contributed by atoms with E-state index in [1.54, 1.807) is 6.08 Å². The normalized spacial score (nSPS) is 13.2. The molecule has 19 heavy (non-hydrogen) atoms. The second-order valence-corrected chi connectivity index (χ2v) is 4.41. The summed E-state index contributed by atoms with van der Waals surface area (Å²) in [4.78, 5) is 0. The maximum absolute atomic E-state index is 5.69. The van der Waals surface area contributed by atoms with Gasteiger partial charge in [-0.3, -0.25) is 0 Å². The van der Waals surface area contributed by atoms with Crippen molar-refractivity contribution in [2.45, 2.75) is 19.9 Å². The van der Waals surface area contributed by atoms with Crippen LogP contribution in [0.1, 0.15) is 18.9 Å². The predicted molar refractivity (Wildman–Crippen MR) is 75.1 cm³/mol. The van der Waals surface area contributed by atoms with E-state index in [-0.39, 0.29) is 6.79 Å². The molecule has 0 saturated carbocycles. The van der Waals surface area contributed by atoms with Gasteiger partial charge in [0.05, 0.1) is 0 Å². The zero-order valence-corrected chi connectivity index (χ0v) is 11.7. The minimum atomic E-state index is 0.266. The van der Waals surface area contributed by atoms with Crippen molar-refractivity contribution in [3.8, 4) is 17.2 Å². The molecule has 0 atom stereocenters. The highest BCUT2D eigenvalue weighted by molar-refractivity contribution is 6.25. The Morgan fingerprint density at radius 2 is 2.16 bits per heavy atom. The van der Waals surface area contributed by atoms with Crippen molar-refractivity contribution in [2.75, 3.05) is 19.9 Å². The topological polar surface area (TPSA) is 39.7 Å². The van der Waals surface area contributed by atoms with Crippen LogP contribution in [-0.2, 0) is 6.54 Å². The van der Waals surface area contributed by atoms with E-state index in [2.05, 4.69) is 12.2 Å². The van der Waals surface area contributed by atoms with Gasteiger partial charge in [-0.25, -0.2) is 0 Å². The fourth-order valence-electron chi connectivity index (χ4n) is 1.81. The summed E-state index contributed by atoms with van der Waals surface area (Å²) in [6.07, 6.45) is 2.84. The zero-order chi connectivity index (χ0) is 13.5. The molecule has 104 valence electrons. The van der Waals surface area contributed by atoms with E-state index in [9.17, 15) is 0 Å². The third kappa shape index (κ3) is 3.78. The monoisotopic (exact) mass is 283 g/mol. The van der Waals surface area contributed by atoms with Gasteiger partial charge < -0.3 is 19.5 Å². The Labute approximate surface area is 118 Å². The minimum absolute atomic E-state index is 0.266. The van der Waals surface area contributed by atoms with Crippen LogP contribution in [0.5, 0.6) is 17.2 Å². The van der Waals surface area contributed by atoms with Gasteiger partial charge >= 0.3 is 0 Å². The maximum atomic E-state index is 5.69. The Bertz CT molecular complexity index is 449. The van der Waals surface area contributed by atoms with E-state index < -0.39 is 0 Å². The van der Waals surface area contributed by atoms with Crippen LogP contribution < -0.4 is 19.5 Å². The molecule has 1 aliphatic heterocycles. The van der Waals surface area contributed by atoms with E-state index in [1.807, 2.05) is 12.1 Å². The first-order valence-corrected chi connectivity index (χ1v) is 6.80. The Kier molecular flexibility index (Phi) is 5.36. The lowest BCUT2D eigenvalue weighted by Crippen LogP contribution is -2.14. The van der Waals surface area contributed by atoms with Gasteiger partial charge in [0.2, 0.25) is 6.79 Å². The van der Waals surface area contributed by atoms with E-state index in [1.165, 1.54) is 5.54 Å². The molecular weight excluding hydrogens is 266 g/mol. The second kappa shape index (κ2) is 7.26. The Balaban J connectivity index is 2.12. The van der Waals surface area contributed by atoms with E-state index >= 15 is 0 Å². The average Bonchev–Trinajstić information content (AvgIpc) is 2.86. The summed E-state index contributed by atoms with van der Waals surface area (Å²) in [5.74, 6) is 2.29. The molecule has 4 nitrogen and oxygen atoms in total. The minimum Gasteiger partial charge on any atom is -0.489 e. The van der Waals surface area contributed by atoms with Crippen molar-refractivity contribution < 1.29 is 14.2 Å². The maximum Gasteiger partial charge on any atom is 0.231 e. The molecule has 0 saturated heterocycles. The highest BCUT2D eigenvalue weighted by Gasteiger charge is 2.17. The van der Waals surface area contributed by atoms with Crippen molar-refractivity contribution in [1.29, 1.82) is 0 Å². The number of nitrogens with one attached hydrogen (secondary N) is 1. The van der Waals surface area contributed by atoms with Crippen molar-refractivity contribution >= 4 is 11.6 Å². The van der Waals surface area contributed by atoms with E-state index in [4.69, 9.17) is 25.8 Å². The fourth-order valence-corrected chi connectivity index (χ4v) is 1.88. The van der Waals surface area contributed by atoms with Crippen molar-refractivity contribution in [1.82, 2.24) is 5.32 Å². The van der Waals surface area contributed by atoms with Gasteiger partial charge in [-0.15, -0.1) is 0 Å². The second-order valence-electron chi connectivity index (χ2n) is 4.16. The summed E-state index contributed by atoms with van der Waals surface area (Å²) < 4.78 is 16.4. The van der Waals surface area contributed by atoms with Gasteiger partial charge in [-0.1, -0.05) is 18.5 Å². The summed E-state index contributed by atoms with van der Waals surface area (Å²) in [5, 5.41) is 3.35. The van der Waals surface area contributed by atoms with Crippen LogP contribution in [-0.4, -0.2) is 19.9 Å². The van der Waals surface area contributed by atoms with Crippen LogP contribution in [0.4, 0.5) is 0 Å². The molecule has 0 unspecified atom stereocenters. The summed E-state index contributed by atoms with van der Waals surface area (Å²) in [6.45, 7) is 4.54. The highest BCUT2D eigenvalue weighted by Crippen LogP contribution is 2.38. The quantitative estimate of drug-likeness (QED) is 0.781. The number of ether oxygens (including phenoxy) is 3. The van der Waals surface area contributed by atoms with Crippen LogP contribution in [0.25, 0.3) is 0 Å². The first kappa shape index (κ1) is 14.0. The molecule has 1 N–H and O–H groups in total. The zero-order valence-electron chi connectivity index (χ0n) is 10.9. The van der Waals surface area contributed by atoms with Crippen LogP contribution in [0.3, 0.4) is 0 Å². The molecule has 1 heterocycles. The third-order valence-electron chi connectivity index (χ3n) is 2.72. The fraction of sp³-hybridized carbons (Fsp3) is 0.429. The van der Waals surface area contributed by atoms with Crippen LogP contribution in [0.15, 0.2) is 23.7 Å². The van der Waals surface area contributed by atoms with Crippen molar-refractivity contribution in [2.24, 2.45) is 0 Å². The average molecular weight is 284 g/mol. The lowest BCUT2D eigenvalue weighted by atomic mass is 10.1. The lowest BCUT2D eigenvalue weighted by molar-refractivity contribution is 0.174. The summed E-state index contributed by atoms with van der Waals surface area (Å²) >= 11 is 5.49. The first-order valence-electron chi connectivity index (χ1n) is 6.36. The van der Waals surface area contributed by atoms with Gasteiger partial charge in [-0.2, -0.15) is 0 Å². The number of halogens is 1. The molecule has 2 rings (SSSR count). The van der Waals surface area contributed by atoms with Crippen molar-refractivity contribution in [3.63, 3.8) is 0 Å². The molecule has 0 radical (unpaired) electrons. The first-order chi connectivity index (χ1) is 9.35. The van der Waals surface area contributed by atoms with Gasteiger partial charge in [0, 0.05) is 23.7 Å². The van der Waals surface area contributed by atoms with Gasteiger partial charge in [0.25, 0.3) is 0 Å². The Hall–Kier alpha value is -1.39. The molecular formula is C14H18ClNO3.